The number of nitrogens with zero attached hydrogens (tertiary/aromatic N) is 4. The lowest BCUT2D eigenvalue weighted by Gasteiger charge is -2.29. The molecule has 0 unspecified atom stereocenters. The van der Waals surface area contributed by atoms with E-state index in [1.807, 2.05) is 4.68 Å². The van der Waals surface area contributed by atoms with Gasteiger partial charge in [-0.3, -0.25) is 0 Å². The number of piperidine rings is 1. The summed E-state index contributed by atoms with van der Waals surface area (Å²) in [5.74, 6) is 1.33. The van der Waals surface area contributed by atoms with Crippen molar-refractivity contribution in [1.82, 2.24) is 19.7 Å². The van der Waals surface area contributed by atoms with E-state index in [1.165, 1.54) is 32.4 Å². The average molecular weight is 266 g/mol. The number of aliphatic hydroxyl groups is 1. The van der Waals surface area contributed by atoms with E-state index in [0.717, 1.165) is 12.4 Å². The quantitative estimate of drug-likeness (QED) is 0.880. The van der Waals surface area contributed by atoms with E-state index in [2.05, 4.69) is 21.9 Å². The van der Waals surface area contributed by atoms with E-state index in [9.17, 15) is 5.11 Å². The molecule has 5 heteroatoms. The summed E-state index contributed by atoms with van der Waals surface area (Å²) in [5, 5.41) is 14.2. The van der Waals surface area contributed by atoms with Gasteiger partial charge in [-0.1, -0.05) is 13.3 Å². The first-order chi connectivity index (χ1) is 8.96. The fourth-order valence-electron chi connectivity index (χ4n) is 2.75. The molecule has 1 aliphatic rings. The maximum Gasteiger partial charge on any atom is 0.138 e. The molecule has 0 bridgehead atoms. The van der Waals surface area contributed by atoms with Gasteiger partial charge in [0, 0.05) is 12.5 Å². The zero-order chi connectivity index (χ0) is 13.9. The topological polar surface area (TPSA) is 54.2 Å². The first-order valence-corrected chi connectivity index (χ1v) is 7.28. The smallest absolute Gasteiger partial charge is 0.138 e. The summed E-state index contributed by atoms with van der Waals surface area (Å²) in [7, 11) is 0. The van der Waals surface area contributed by atoms with Crippen molar-refractivity contribution in [2.75, 3.05) is 19.6 Å². The Labute approximate surface area is 115 Å². The fourth-order valence-corrected chi connectivity index (χ4v) is 2.75. The molecule has 2 rings (SSSR count). The van der Waals surface area contributed by atoms with E-state index < -0.39 is 5.60 Å². The Hall–Kier alpha value is -0.940. The highest BCUT2D eigenvalue weighted by atomic mass is 16.3. The molecule has 1 aromatic rings. The molecule has 1 aliphatic heterocycles. The molecule has 0 amide bonds. The summed E-state index contributed by atoms with van der Waals surface area (Å²) in [6, 6.07) is 0. The van der Waals surface area contributed by atoms with Crippen molar-refractivity contribution in [3.8, 4) is 0 Å². The highest BCUT2D eigenvalue weighted by molar-refractivity contribution is 4.96. The molecule has 19 heavy (non-hydrogen) atoms. The second kappa shape index (κ2) is 6.01. The van der Waals surface area contributed by atoms with Gasteiger partial charge in [0.2, 0.25) is 0 Å². The van der Waals surface area contributed by atoms with Crippen molar-refractivity contribution in [2.24, 2.45) is 0 Å². The first-order valence-electron chi connectivity index (χ1n) is 7.28. The van der Waals surface area contributed by atoms with Gasteiger partial charge in [0.1, 0.15) is 12.2 Å². The van der Waals surface area contributed by atoms with Crippen LogP contribution in [0, 0.1) is 0 Å². The van der Waals surface area contributed by atoms with Crippen LogP contribution in [0.4, 0.5) is 0 Å². The lowest BCUT2D eigenvalue weighted by atomic mass is 10.1. The standard InChI is InChI=1S/C14H26N4O/c1-12(9-17-7-5-4-6-8-17)13-15-11-16-18(13)10-14(2,3)19/h11-12,19H,4-10H2,1-3H3/t12-/m0/s1. The summed E-state index contributed by atoms with van der Waals surface area (Å²) < 4.78 is 1.84. The summed E-state index contributed by atoms with van der Waals surface area (Å²) in [4.78, 5) is 6.89. The third kappa shape index (κ3) is 4.28. The van der Waals surface area contributed by atoms with Crippen LogP contribution in [0.25, 0.3) is 0 Å². The number of hydrogen-bond donors (Lipinski definition) is 1. The minimum Gasteiger partial charge on any atom is -0.389 e. The van der Waals surface area contributed by atoms with E-state index in [-0.39, 0.29) is 0 Å². The molecule has 108 valence electrons. The Kier molecular flexibility index (Phi) is 4.58. The monoisotopic (exact) mass is 266 g/mol. The van der Waals surface area contributed by atoms with Crippen LogP contribution in [-0.4, -0.2) is 50.0 Å². The van der Waals surface area contributed by atoms with Crippen LogP contribution >= 0.6 is 0 Å². The van der Waals surface area contributed by atoms with Crippen LogP contribution in [0.5, 0.6) is 0 Å². The highest BCUT2D eigenvalue weighted by Crippen LogP contribution is 2.18. The Bertz CT molecular complexity index is 390. The van der Waals surface area contributed by atoms with Gasteiger partial charge in [0.15, 0.2) is 0 Å². The van der Waals surface area contributed by atoms with Crippen molar-refractivity contribution in [1.29, 1.82) is 0 Å². The second-order valence-corrected chi connectivity index (χ2v) is 6.35. The van der Waals surface area contributed by atoms with Crippen molar-refractivity contribution >= 4 is 0 Å². The van der Waals surface area contributed by atoms with Crippen LogP contribution in [0.1, 0.15) is 51.8 Å². The Morgan fingerprint density at radius 1 is 1.32 bits per heavy atom. The van der Waals surface area contributed by atoms with Gasteiger partial charge < -0.3 is 10.0 Å². The number of rotatable bonds is 5. The van der Waals surface area contributed by atoms with Crippen LogP contribution in [0.2, 0.25) is 0 Å². The third-order valence-corrected chi connectivity index (χ3v) is 3.60. The molecule has 0 aliphatic carbocycles. The molecule has 2 heterocycles. The molecule has 0 spiro atoms. The molecular weight excluding hydrogens is 240 g/mol. The van der Waals surface area contributed by atoms with Gasteiger partial charge in [-0.25, -0.2) is 9.67 Å². The summed E-state index contributed by atoms with van der Waals surface area (Å²) in [6.45, 7) is 9.71. The number of hydrogen-bond acceptors (Lipinski definition) is 4. The molecule has 0 radical (unpaired) electrons. The normalized spacial score (nSPS) is 19.6. The van der Waals surface area contributed by atoms with Gasteiger partial charge >= 0.3 is 0 Å². The molecule has 0 saturated carbocycles. The Balaban J connectivity index is 1.98. The first kappa shape index (κ1) is 14.5. The van der Waals surface area contributed by atoms with Crippen LogP contribution in [0.15, 0.2) is 6.33 Å². The van der Waals surface area contributed by atoms with E-state index in [0.29, 0.717) is 12.5 Å². The molecular formula is C14H26N4O. The molecule has 5 nitrogen and oxygen atoms in total. The summed E-state index contributed by atoms with van der Waals surface area (Å²) in [6.07, 6.45) is 5.57. The van der Waals surface area contributed by atoms with Crippen molar-refractivity contribution in [3.05, 3.63) is 12.2 Å². The van der Waals surface area contributed by atoms with Crippen molar-refractivity contribution in [2.45, 2.75) is 58.1 Å². The minimum absolute atomic E-state index is 0.350. The van der Waals surface area contributed by atoms with Crippen LogP contribution in [-0.2, 0) is 6.54 Å². The predicted octanol–water partition coefficient (Wildman–Crippen LogP) is 1.64. The zero-order valence-electron chi connectivity index (χ0n) is 12.3. The van der Waals surface area contributed by atoms with Gasteiger partial charge in [-0.2, -0.15) is 5.10 Å². The second-order valence-electron chi connectivity index (χ2n) is 6.35. The molecule has 1 fully saturated rings. The van der Waals surface area contributed by atoms with Gasteiger partial charge in [-0.15, -0.1) is 0 Å². The van der Waals surface area contributed by atoms with Gasteiger partial charge in [0.25, 0.3) is 0 Å². The zero-order valence-corrected chi connectivity index (χ0v) is 12.3. The van der Waals surface area contributed by atoms with Crippen molar-refractivity contribution < 1.29 is 5.11 Å². The SMILES string of the molecule is C[C@@H](CN1CCCCC1)c1ncnn1CC(C)(C)O. The molecule has 1 N–H and O–H groups in total. The van der Waals surface area contributed by atoms with Crippen LogP contribution < -0.4 is 0 Å². The third-order valence-electron chi connectivity index (χ3n) is 3.60. The summed E-state index contributed by atoms with van der Waals surface area (Å²) in [5.41, 5.74) is -0.757. The lowest BCUT2D eigenvalue weighted by molar-refractivity contribution is 0.0560. The minimum atomic E-state index is -0.757. The van der Waals surface area contributed by atoms with E-state index in [1.54, 1.807) is 20.2 Å². The van der Waals surface area contributed by atoms with E-state index in [4.69, 9.17) is 0 Å². The van der Waals surface area contributed by atoms with Crippen molar-refractivity contribution in [3.63, 3.8) is 0 Å². The molecule has 1 atom stereocenters. The van der Waals surface area contributed by atoms with E-state index >= 15 is 0 Å². The molecule has 1 aromatic heterocycles. The Morgan fingerprint density at radius 2 is 2.00 bits per heavy atom. The van der Waals surface area contributed by atoms with Gasteiger partial charge in [-0.05, 0) is 39.8 Å². The number of likely N-dealkylation sites (tertiary alicyclic amines) is 1. The maximum absolute atomic E-state index is 9.92. The predicted molar refractivity (Wildman–Crippen MR) is 75.0 cm³/mol. The molecule has 0 aromatic carbocycles. The number of aromatic nitrogens is 3. The average Bonchev–Trinajstić information content (AvgIpc) is 2.76. The summed E-state index contributed by atoms with van der Waals surface area (Å²) >= 11 is 0. The maximum atomic E-state index is 9.92. The largest absolute Gasteiger partial charge is 0.389 e. The Morgan fingerprint density at radius 3 is 2.63 bits per heavy atom. The molecule has 1 saturated heterocycles. The van der Waals surface area contributed by atoms with Crippen LogP contribution in [0.3, 0.4) is 0 Å². The van der Waals surface area contributed by atoms with Gasteiger partial charge in [0.05, 0.1) is 12.1 Å². The lowest BCUT2D eigenvalue weighted by Crippen LogP contribution is -2.34. The fraction of sp³-hybridized carbons (Fsp3) is 0.857. The highest BCUT2D eigenvalue weighted by Gasteiger charge is 2.21.